The van der Waals surface area contributed by atoms with E-state index in [0.29, 0.717) is 37.4 Å². The average Bonchev–Trinajstić information content (AvgIpc) is 2.98. The van der Waals surface area contributed by atoms with Crippen LogP contribution in [0.1, 0.15) is 34.3 Å². The van der Waals surface area contributed by atoms with Crippen LogP contribution in [0.15, 0.2) is 84.9 Å². The van der Waals surface area contributed by atoms with E-state index >= 15 is 0 Å². The molecule has 0 aliphatic carbocycles. The van der Waals surface area contributed by atoms with Crippen molar-refractivity contribution in [2.75, 3.05) is 31.5 Å². The summed E-state index contributed by atoms with van der Waals surface area (Å²) in [5, 5.41) is 5.50. The van der Waals surface area contributed by atoms with Crippen LogP contribution in [0.2, 0.25) is 0 Å². The minimum Gasteiger partial charge on any atom is -0.461 e. The van der Waals surface area contributed by atoms with Gasteiger partial charge in [0.05, 0.1) is 0 Å². The highest BCUT2D eigenvalue weighted by molar-refractivity contribution is 5.95. The van der Waals surface area contributed by atoms with Crippen LogP contribution in [0, 0.1) is 6.92 Å². The van der Waals surface area contributed by atoms with Gasteiger partial charge in [0, 0.05) is 43.9 Å². The van der Waals surface area contributed by atoms with Crippen molar-refractivity contribution in [1.29, 1.82) is 0 Å². The highest BCUT2D eigenvalue weighted by atomic mass is 16.5. The fourth-order valence-electron chi connectivity index (χ4n) is 4.49. The number of nitrogens with zero attached hydrogens (tertiary/aromatic N) is 2. The number of nitrogens with one attached hydrogen (secondary N) is 2. The third-order valence-corrected chi connectivity index (χ3v) is 6.66. The lowest BCUT2D eigenvalue weighted by Gasteiger charge is -2.36. The van der Waals surface area contributed by atoms with Crippen LogP contribution >= 0.6 is 0 Å². The molecule has 1 atom stereocenters. The zero-order chi connectivity index (χ0) is 28.3. The van der Waals surface area contributed by atoms with Gasteiger partial charge in [-0.3, -0.25) is 14.4 Å². The standard InChI is InChI=1S/C31H34N4O5/c1-23-9-8-14-26(21-23)32-31(39)33-27(15-16-28(36)40-22-24-10-4-2-5-11-24)30(38)35-19-17-34(18-20-35)29(37)25-12-6-3-7-13-25/h2-14,21,27H,15-20,22H2,1H3,(H2,32,33,39)/t27-/m1/s1. The van der Waals surface area contributed by atoms with E-state index in [4.69, 9.17) is 4.74 Å². The number of aryl methyl sites for hydroxylation is 1. The molecule has 208 valence electrons. The Morgan fingerprint density at radius 2 is 1.48 bits per heavy atom. The summed E-state index contributed by atoms with van der Waals surface area (Å²) in [5.41, 5.74) is 3.04. The molecule has 4 rings (SSSR count). The summed E-state index contributed by atoms with van der Waals surface area (Å²) in [6.45, 7) is 3.46. The molecule has 9 heteroatoms. The Morgan fingerprint density at radius 1 is 0.825 bits per heavy atom. The van der Waals surface area contributed by atoms with E-state index < -0.39 is 18.0 Å². The minimum absolute atomic E-state index is 0.0412. The van der Waals surface area contributed by atoms with E-state index in [0.717, 1.165) is 11.1 Å². The van der Waals surface area contributed by atoms with Gasteiger partial charge in [0.1, 0.15) is 12.6 Å². The fourth-order valence-corrected chi connectivity index (χ4v) is 4.49. The number of carbonyl (C=O) groups is 4. The monoisotopic (exact) mass is 542 g/mol. The van der Waals surface area contributed by atoms with Gasteiger partial charge in [0.2, 0.25) is 5.91 Å². The van der Waals surface area contributed by atoms with Gasteiger partial charge < -0.3 is 25.2 Å². The molecule has 0 unspecified atom stereocenters. The Hall–Kier alpha value is -4.66. The third kappa shape index (κ3) is 8.17. The molecule has 2 N–H and O–H groups in total. The van der Waals surface area contributed by atoms with Crippen molar-refractivity contribution in [3.63, 3.8) is 0 Å². The summed E-state index contributed by atoms with van der Waals surface area (Å²) in [4.78, 5) is 54.9. The summed E-state index contributed by atoms with van der Waals surface area (Å²) in [6, 6.07) is 24.2. The molecule has 1 fully saturated rings. The first kappa shape index (κ1) is 28.4. The van der Waals surface area contributed by atoms with E-state index in [-0.39, 0.29) is 31.3 Å². The highest BCUT2D eigenvalue weighted by Gasteiger charge is 2.30. The maximum Gasteiger partial charge on any atom is 0.319 e. The first-order valence-corrected chi connectivity index (χ1v) is 13.4. The van der Waals surface area contributed by atoms with Gasteiger partial charge in [-0.1, -0.05) is 60.7 Å². The normalized spacial score (nSPS) is 13.7. The fraction of sp³-hybridized carbons (Fsp3) is 0.290. The molecule has 1 saturated heterocycles. The van der Waals surface area contributed by atoms with E-state index in [1.807, 2.05) is 73.7 Å². The summed E-state index contributed by atoms with van der Waals surface area (Å²) < 4.78 is 5.36. The van der Waals surface area contributed by atoms with Crippen molar-refractivity contribution in [2.45, 2.75) is 32.4 Å². The van der Waals surface area contributed by atoms with E-state index in [9.17, 15) is 19.2 Å². The number of piperazine rings is 1. The summed E-state index contributed by atoms with van der Waals surface area (Å²) in [5.74, 6) is -0.844. The quantitative estimate of drug-likeness (QED) is 0.398. The number of esters is 1. The van der Waals surface area contributed by atoms with Crippen LogP contribution < -0.4 is 10.6 Å². The van der Waals surface area contributed by atoms with Crippen molar-refractivity contribution in [1.82, 2.24) is 15.1 Å². The SMILES string of the molecule is Cc1cccc(NC(=O)N[C@H](CCC(=O)OCc2ccccc2)C(=O)N2CCN(C(=O)c3ccccc3)CC2)c1. The van der Waals surface area contributed by atoms with E-state index in [1.165, 1.54) is 0 Å². The molecule has 4 amide bonds. The van der Waals surface area contributed by atoms with Crippen molar-refractivity contribution in [3.05, 3.63) is 102 Å². The number of amides is 4. The number of benzene rings is 3. The second-order valence-corrected chi connectivity index (χ2v) is 9.69. The molecule has 0 aromatic heterocycles. The van der Waals surface area contributed by atoms with Crippen LogP contribution in [0.3, 0.4) is 0 Å². The van der Waals surface area contributed by atoms with Crippen molar-refractivity contribution in [2.24, 2.45) is 0 Å². The summed E-state index contributed by atoms with van der Waals surface area (Å²) in [7, 11) is 0. The first-order chi connectivity index (χ1) is 19.4. The molecule has 9 nitrogen and oxygen atoms in total. The lowest BCUT2D eigenvalue weighted by Crippen LogP contribution is -2.56. The number of anilines is 1. The molecule has 0 spiro atoms. The number of carbonyl (C=O) groups excluding carboxylic acids is 4. The average molecular weight is 543 g/mol. The van der Waals surface area contributed by atoms with E-state index in [2.05, 4.69) is 10.6 Å². The first-order valence-electron chi connectivity index (χ1n) is 13.4. The molecular formula is C31H34N4O5. The molecule has 1 aliphatic heterocycles. The zero-order valence-corrected chi connectivity index (χ0v) is 22.5. The maximum atomic E-state index is 13.5. The van der Waals surface area contributed by atoms with Gasteiger partial charge in [-0.15, -0.1) is 0 Å². The molecule has 0 radical (unpaired) electrons. The minimum atomic E-state index is -0.939. The van der Waals surface area contributed by atoms with Crippen molar-refractivity contribution >= 4 is 29.5 Å². The smallest absolute Gasteiger partial charge is 0.319 e. The molecule has 1 heterocycles. The third-order valence-electron chi connectivity index (χ3n) is 6.66. The van der Waals surface area contributed by atoms with Crippen molar-refractivity contribution < 1.29 is 23.9 Å². The Bertz CT molecular complexity index is 1310. The van der Waals surface area contributed by atoms with Gasteiger partial charge in [0.15, 0.2) is 0 Å². The zero-order valence-electron chi connectivity index (χ0n) is 22.5. The Kier molecular flexibility index (Phi) is 9.88. The molecule has 3 aromatic rings. The van der Waals surface area contributed by atoms with Gasteiger partial charge in [0.25, 0.3) is 5.91 Å². The van der Waals surface area contributed by atoms with Gasteiger partial charge in [-0.25, -0.2) is 4.79 Å². The van der Waals surface area contributed by atoms with Gasteiger partial charge >= 0.3 is 12.0 Å². The second kappa shape index (κ2) is 13.9. The lowest BCUT2D eigenvalue weighted by molar-refractivity contribution is -0.145. The number of hydrogen-bond acceptors (Lipinski definition) is 5. The van der Waals surface area contributed by atoms with Crippen LogP contribution in [0.4, 0.5) is 10.5 Å². The number of hydrogen-bond donors (Lipinski definition) is 2. The van der Waals surface area contributed by atoms with Gasteiger partial charge in [-0.2, -0.15) is 0 Å². The summed E-state index contributed by atoms with van der Waals surface area (Å²) >= 11 is 0. The highest BCUT2D eigenvalue weighted by Crippen LogP contribution is 2.14. The van der Waals surface area contributed by atoms with E-state index in [1.54, 1.807) is 28.0 Å². The maximum absolute atomic E-state index is 13.5. The molecule has 1 aliphatic rings. The largest absolute Gasteiger partial charge is 0.461 e. The van der Waals surface area contributed by atoms with Crippen LogP contribution in [-0.2, 0) is 20.9 Å². The van der Waals surface area contributed by atoms with Gasteiger partial charge in [-0.05, 0) is 48.7 Å². The van der Waals surface area contributed by atoms with Crippen LogP contribution in [0.25, 0.3) is 0 Å². The Labute approximate surface area is 234 Å². The van der Waals surface area contributed by atoms with Crippen LogP contribution in [-0.4, -0.2) is 65.8 Å². The van der Waals surface area contributed by atoms with Crippen LogP contribution in [0.5, 0.6) is 0 Å². The topological polar surface area (TPSA) is 108 Å². The molecular weight excluding hydrogens is 508 g/mol. The number of rotatable bonds is 9. The molecule has 40 heavy (non-hydrogen) atoms. The predicted octanol–water partition coefficient (Wildman–Crippen LogP) is 3.99. The predicted molar refractivity (Wildman–Crippen MR) is 152 cm³/mol. The Morgan fingerprint density at radius 3 is 2.15 bits per heavy atom. The second-order valence-electron chi connectivity index (χ2n) is 9.69. The Balaban J connectivity index is 1.36. The number of ether oxygens (including phenoxy) is 1. The number of urea groups is 1. The molecule has 3 aromatic carbocycles. The molecule has 0 bridgehead atoms. The van der Waals surface area contributed by atoms with Crippen molar-refractivity contribution in [3.8, 4) is 0 Å². The lowest BCUT2D eigenvalue weighted by atomic mass is 10.1. The summed E-state index contributed by atoms with van der Waals surface area (Å²) in [6.07, 6.45) is 0.0390. The molecule has 0 saturated carbocycles.